The fourth-order valence-electron chi connectivity index (χ4n) is 4.73. The number of hydrogen-bond acceptors (Lipinski definition) is 6. The maximum absolute atomic E-state index is 12.7. The molecule has 0 saturated carbocycles. The molecule has 0 radical (unpaired) electrons. The van der Waals surface area contributed by atoms with Gasteiger partial charge in [0.25, 0.3) is 0 Å². The molecule has 4 heterocycles. The first-order chi connectivity index (χ1) is 16.6. The number of amides is 3. The number of anilines is 1. The lowest BCUT2D eigenvalue weighted by Gasteiger charge is -2.31. The van der Waals surface area contributed by atoms with E-state index in [1.54, 1.807) is 16.1 Å². The zero-order valence-electron chi connectivity index (χ0n) is 19.5. The fraction of sp³-hybridized carbons (Fsp3) is 0.440. The zero-order chi connectivity index (χ0) is 23.5. The number of nitrogens with zero attached hydrogens (tertiary/aromatic N) is 5. The van der Waals surface area contributed by atoms with Crippen LogP contribution in [0.25, 0.3) is 0 Å². The van der Waals surface area contributed by atoms with Crippen LogP contribution in [0, 0.1) is 5.92 Å². The smallest absolute Gasteiger partial charge is 0.316 e. The van der Waals surface area contributed by atoms with Crippen molar-refractivity contribution in [3.8, 4) is 0 Å². The molecule has 1 saturated heterocycles. The van der Waals surface area contributed by atoms with Gasteiger partial charge in [0, 0.05) is 76.2 Å². The number of aromatic nitrogens is 1. The minimum Gasteiger partial charge on any atom is -0.316 e. The molecule has 2 aromatic rings. The second-order valence-corrected chi connectivity index (χ2v) is 9.21. The number of piperazine rings is 1. The molecule has 1 aromatic carbocycles. The van der Waals surface area contributed by atoms with E-state index in [1.807, 2.05) is 43.5 Å². The van der Waals surface area contributed by atoms with Crippen LogP contribution in [0.4, 0.5) is 10.5 Å². The minimum absolute atomic E-state index is 0.0556. The third kappa shape index (κ3) is 4.95. The van der Waals surface area contributed by atoms with E-state index < -0.39 is 0 Å². The standard InChI is InChI=1S/C25H31N7O2/c1-18-14-23(33)32(13-12-30-10-8-26-9-11-30)29-24(18)19-2-4-22(5-3-19)28-25(34)31-16-20-6-7-27-15-21(20)17-31/h2-7,15,18,26H,8-14,16-17H2,1H3,(H,28,34). The van der Waals surface area contributed by atoms with Crippen molar-refractivity contribution < 1.29 is 9.59 Å². The summed E-state index contributed by atoms with van der Waals surface area (Å²) in [6, 6.07) is 9.57. The summed E-state index contributed by atoms with van der Waals surface area (Å²) in [5.74, 6) is 0.136. The Morgan fingerprint density at radius 2 is 1.85 bits per heavy atom. The number of hydrogen-bond donors (Lipinski definition) is 2. The number of urea groups is 1. The average Bonchev–Trinajstić information content (AvgIpc) is 3.30. The van der Waals surface area contributed by atoms with Gasteiger partial charge in [-0.05, 0) is 34.9 Å². The quantitative estimate of drug-likeness (QED) is 0.712. The number of carbonyl (C=O) groups excluding carboxylic acids is 2. The Morgan fingerprint density at radius 3 is 2.62 bits per heavy atom. The van der Waals surface area contributed by atoms with Gasteiger partial charge in [0.2, 0.25) is 5.91 Å². The van der Waals surface area contributed by atoms with Crippen LogP contribution in [-0.2, 0) is 17.9 Å². The second-order valence-electron chi connectivity index (χ2n) is 9.21. The first-order valence-electron chi connectivity index (χ1n) is 12.0. The molecule has 0 bridgehead atoms. The molecule has 1 atom stereocenters. The molecule has 9 nitrogen and oxygen atoms in total. The van der Waals surface area contributed by atoms with E-state index in [2.05, 4.69) is 20.5 Å². The molecule has 9 heteroatoms. The maximum Gasteiger partial charge on any atom is 0.322 e. The molecule has 1 unspecified atom stereocenters. The molecule has 0 spiro atoms. The highest BCUT2D eigenvalue weighted by Crippen LogP contribution is 2.24. The van der Waals surface area contributed by atoms with Crippen LogP contribution in [0.1, 0.15) is 30.0 Å². The number of benzene rings is 1. The number of nitrogens with one attached hydrogen (secondary N) is 2. The SMILES string of the molecule is CC1CC(=O)N(CCN2CCNCC2)N=C1c1ccc(NC(=O)N2Cc3ccncc3C2)cc1. The third-order valence-electron chi connectivity index (χ3n) is 6.75. The van der Waals surface area contributed by atoms with Crippen LogP contribution in [0.3, 0.4) is 0 Å². The van der Waals surface area contributed by atoms with Gasteiger partial charge in [-0.1, -0.05) is 19.1 Å². The Morgan fingerprint density at radius 1 is 1.09 bits per heavy atom. The number of rotatable bonds is 5. The highest BCUT2D eigenvalue weighted by Gasteiger charge is 2.28. The van der Waals surface area contributed by atoms with E-state index in [1.165, 1.54) is 0 Å². The predicted octanol–water partition coefficient (Wildman–Crippen LogP) is 2.11. The third-order valence-corrected chi connectivity index (χ3v) is 6.75. The Kier molecular flexibility index (Phi) is 6.55. The molecular formula is C25H31N7O2. The van der Waals surface area contributed by atoms with Crippen molar-refractivity contribution in [2.45, 2.75) is 26.4 Å². The van der Waals surface area contributed by atoms with Gasteiger partial charge in [-0.3, -0.25) is 14.7 Å². The Bertz CT molecular complexity index is 1050. The molecule has 2 N–H and O–H groups in total. The summed E-state index contributed by atoms with van der Waals surface area (Å²) in [6.07, 6.45) is 4.04. The van der Waals surface area contributed by atoms with Crippen molar-refractivity contribution in [2.75, 3.05) is 44.6 Å². The summed E-state index contributed by atoms with van der Waals surface area (Å²) >= 11 is 0. The van der Waals surface area contributed by atoms with Crippen LogP contribution in [0.2, 0.25) is 0 Å². The molecular weight excluding hydrogens is 430 g/mol. The lowest BCUT2D eigenvalue weighted by atomic mass is 9.93. The summed E-state index contributed by atoms with van der Waals surface area (Å²) in [7, 11) is 0. The van der Waals surface area contributed by atoms with Crippen LogP contribution >= 0.6 is 0 Å². The zero-order valence-corrected chi connectivity index (χ0v) is 19.5. The Hall–Kier alpha value is -3.30. The highest BCUT2D eigenvalue weighted by atomic mass is 16.2. The first-order valence-corrected chi connectivity index (χ1v) is 12.0. The lowest BCUT2D eigenvalue weighted by Crippen LogP contribution is -2.47. The molecule has 1 aromatic heterocycles. The monoisotopic (exact) mass is 461 g/mol. The molecule has 5 rings (SSSR count). The normalized spacial score (nSPS) is 20.8. The topological polar surface area (TPSA) is 93.2 Å². The molecule has 178 valence electrons. The maximum atomic E-state index is 12.7. The van der Waals surface area contributed by atoms with Crippen LogP contribution in [0.5, 0.6) is 0 Å². The van der Waals surface area contributed by atoms with E-state index in [4.69, 9.17) is 5.10 Å². The second kappa shape index (κ2) is 9.90. The van der Waals surface area contributed by atoms with Crippen LogP contribution in [0.15, 0.2) is 47.8 Å². The summed E-state index contributed by atoms with van der Waals surface area (Å²) < 4.78 is 0. The number of fused-ring (bicyclic) bond motifs is 1. The summed E-state index contributed by atoms with van der Waals surface area (Å²) in [5.41, 5.74) is 4.86. The molecule has 0 aliphatic carbocycles. The van der Waals surface area contributed by atoms with E-state index in [0.717, 1.165) is 60.8 Å². The van der Waals surface area contributed by atoms with Gasteiger partial charge in [0.1, 0.15) is 0 Å². The van der Waals surface area contributed by atoms with Crippen molar-refractivity contribution in [3.63, 3.8) is 0 Å². The largest absolute Gasteiger partial charge is 0.322 e. The summed E-state index contributed by atoms with van der Waals surface area (Å²) in [6.45, 7) is 8.63. The molecule has 3 aliphatic rings. The van der Waals surface area contributed by atoms with E-state index in [9.17, 15) is 9.59 Å². The molecule has 34 heavy (non-hydrogen) atoms. The average molecular weight is 462 g/mol. The molecule has 1 fully saturated rings. The van der Waals surface area contributed by atoms with E-state index >= 15 is 0 Å². The van der Waals surface area contributed by atoms with Crippen molar-refractivity contribution in [3.05, 3.63) is 59.4 Å². The van der Waals surface area contributed by atoms with Gasteiger partial charge in [-0.2, -0.15) is 5.10 Å². The number of hydrazone groups is 1. The van der Waals surface area contributed by atoms with Crippen molar-refractivity contribution in [1.29, 1.82) is 0 Å². The van der Waals surface area contributed by atoms with Gasteiger partial charge in [0.05, 0.1) is 12.3 Å². The molecule has 3 aliphatic heterocycles. The first kappa shape index (κ1) is 22.5. The fourth-order valence-corrected chi connectivity index (χ4v) is 4.73. The van der Waals surface area contributed by atoms with Crippen molar-refractivity contribution in [1.82, 2.24) is 25.1 Å². The summed E-state index contributed by atoms with van der Waals surface area (Å²) in [5, 5.41) is 12.7. The Labute approximate surface area is 199 Å². The number of pyridine rings is 1. The molecule has 3 amide bonds. The van der Waals surface area contributed by atoms with Gasteiger partial charge < -0.3 is 15.5 Å². The van der Waals surface area contributed by atoms with Crippen molar-refractivity contribution in [2.24, 2.45) is 11.0 Å². The van der Waals surface area contributed by atoms with Gasteiger partial charge >= 0.3 is 6.03 Å². The van der Waals surface area contributed by atoms with Crippen LogP contribution < -0.4 is 10.6 Å². The van der Waals surface area contributed by atoms with Gasteiger partial charge in [-0.15, -0.1) is 0 Å². The van der Waals surface area contributed by atoms with Gasteiger partial charge in [-0.25, -0.2) is 9.80 Å². The van der Waals surface area contributed by atoms with E-state index in [0.29, 0.717) is 26.1 Å². The summed E-state index contributed by atoms with van der Waals surface area (Å²) in [4.78, 5) is 33.6. The highest BCUT2D eigenvalue weighted by molar-refractivity contribution is 6.06. The minimum atomic E-state index is -0.128. The van der Waals surface area contributed by atoms with Crippen molar-refractivity contribution >= 4 is 23.3 Å². The number of carbonyl (C=O) groups is 2. The van der Waals surface area contributed by atoms with E-state index in [-0.39, 0.29) is 17.9 Å². The van der Waals surface area contributed by atoms with Gasteiger partial charge in [0.15, 0.2) is 0 Å². The van der Waals surface area contributed by atoms with Crippen LogP contribution in [-0.4, -0.2) is 76.7 Å². The Balaban J connectivity index is 1.22. The lowest BCUT2D eigenvalue weighted by molar-refractivity contribution is -0.132. The predicted molar refractivity (Wildman–Crippen MR) is 130 cm³/mol.